The van der Waals surface area contributed by atoms with Crippen LogP contribution in [0.25, 0.3) is 0 Å². The molecule has 2 N–H and O–H groups in total. The molecule has 0 aliphatic rings. The first kappa shape index (κ1) is 31.7. The molecule has 0 aliphatic carbocycles. The molecule has 0 fully saturated rings. The minimum absolute atomic E-state index is 0.150. The number of nitrogens with one attached hydrogen (secondary N) is 1. The molecule has 37 heavy (non-hydrogen) atoms. The van der Waals surface area contributed by atoms with Crippen LogP contribution < -0.4 is 14.8 Å². The predicted molar refractivity (Wildman–Crippen MR) is 133 cm³/mol. The second kappa shape index (κ2) is 14.4. The molecule has 11 heteroatoms. The summed E-state index contributed by atoms with van der Waals surface area (Å²) in [6, 6.07) is 3.78. The molecule has 3 atom stereocenters. The number of rotatable bonds is 13. The first-order valence-electron chi connectivity index (χ1n) is 12.4. The monoisotopic (exact) mass is 525 g/mol. The molecule has 1 aromatic carbocycles. The Hall–Kier alpha value is -3.34. The lowest BCUT2D eigenvalue weighted by molar-refractivity contribution is -0.187. The van der Waals surface area contributed by atoms with Gasteiger partial charge in [0.05, 0.1) is 18.1 Å². The predicted octanol–water partition coefficient (Wildman–Crippen LogP) is 4.84. The SMILES string of the molecule is CCC(C)N[C@@](Cc1ccc(OC(=O)OC(C)C)c(OC(=O)OC(C)C)c1)(OC(=O)C(C)CC)C(=O)O. The standard InChI is InChI=1S/C26H39NO10/c1-9-17(7)22(28)37-26(23(29)30,27-18(8)10-2)14-19-11-12-20(35-24(31)33-15(3)4)21(13-19)36-25(32)34-16(5)6/h11-13,15-18,27H,9-10,14H2,1-8H3,(H,29,30)/t17?,18?,26-/m0/s1. The summed E-state index contributed by atoms with van der Waals surface area (Å²) in [4.78, 5) is 49.4. The fourth-order valence-corrected chi connectivity index (χ4v) is 2.96. The highest BCUT2D eigenvalue weighted by Gasteiger charge is 2.44. The van der Waals surface area contributed by atoms with Crippen LogP contribution in [0.5, 0.6) is 11.5 Å². The molecule has 0 saturated heterocycles. The van der Waals surface area contributed by atoms with Crippen LogP contribution >= 0.6 is 0 Å². The molecule has 0 aliphatic heterocycles. The molecule has 11 nitrogen and oxygen atoms in total. The van der Waals surface area contributed by atoms with Crippen molar-refractivity contribution in [2.45, 2.75) is 98.6 Å². The Kier molecular flexibility index (Phi) is 12.3. The average molecular weight is 526 g/mol. The van der Waals surface area contributed by atoms with E-state index in [0.717, 1.165) is 0 Å². The van der Waals surface area contributed by atoms with Crippen LogP contribution in [0.1, 0.15) is 73.8 Å². The molecule has 2 unspecified atom stereocenters. The average Bonchev–Trinajstić information content (AvgIpc) is 2.78. The summed E-state index contributed by atoms with van der Waals surface area (Å²) >= 11 is 0. The maximum absolute atomic E-state index is 12.6. The van der Waals surface area contributed by atoms with Crippen molar-refractivity contribution < 1.29 is 48.0 Å². The van der Waals surface area contributed by atoms with E-state index in [1.54, 1.807) is 48.5 Å². The van der Waals surface area contributed by atoms with Crippen molar-refractivity contribution in [2.75, 3.05) is 0 Å². The van der Waals surface area contributed by atoms with Gasteiger partial charge in [-0.25, -0.2) is 14.4 Å². The second-order valence-electron chi connectivity index (χ2n) is 9.31. The molecular weight excluding hydrogens is 486 g/mol. The van der Waals surface area contributed by atoms with Crippen molar-refractivity contribution in [1.82, 2.24) is 5.32 Å². The van der Waals surface area contributed by atoms with Gasteiger partial charge >= 0.3 is 24.2 Å². The molecule has 0 aromatic heterocycles. The van der Waals surface area contributed by atoms with Crippen LogP contribution in [-0.2, 0) is 30.2 Å². The number of carboxylic acids is 1. The van der Waals surface area contributed by atoms with Gasteiger partial charge in [0.1, 0.15) is 0 Å². The normalized spacial score (nSPS) is 14.3. The fourth-order valence-electron chi connectivity index (χ4n) is 2.96. The van der Waals surface area contributed by atoms with Gasteiger partial charge in [-0.05, 0) is 65.2 Å². The van der Waals surface area contributed by atoms with E-state index >= 15 is 0 Å². The van der Waals surface area contributed by atoms with Crippen molar-refractivity contribution >= 4 is 24.2 Å². The summed E-state index contributed by atoms with van der Waals surface area (Å²) in [7, 11) is 0. The summed E-state index contributed by atoms with van der Waals surface area (Å²) in [6.07, 6.45) is -2.30. The van der Waals surface area contributed by atoms with Gasteiger partial charge in [0.2, 0.25) is 0 Å². The minimum Gasteiger partial charge on any atom is -0.477 e. The fraction of sp³-hybridized carbons (Fsp3) is 0.615. The number of carbonyl (C=O) groups is 4. The van der Waals surface area contributed by atoms with Gasteiger partial charge in [-0.15, -0.1) is 0 Å². The van der Waals surface area contributed by atoms with E-state index in [0.29, 0.717) is 18.4 Å². The van der Waals surface area contributed by atoms with Gasteiger partial charge in [-0.2, -0.15) is 0 Å². The van der Waals surface area contributed by atoms with Gasteiger partial charge in [0.25, 0.3) is 5.72 Å². The Morgan fingerprint density at radius 1 is 0.865 bits per heavy atom. The number of carboxylic acid groups (broad SMARTS) is 1. The third-order valence-electron chi connectivity index (χ3n) is 5.24. The van der Waals surface area contributed by atoms with E-state index in [2.05, 4.69) is 5.32 Å². The van der Waals surface area contributed by atoms with Crippen molar-refractivity contribution in [3.05, 3.63) is 23.8 Å². The lowest BCUT2D eigenvalue weighted by atomic mass is 9.99. The molecule has 0 amide bonds. The molecule has 1 aromatic rings. The summed E-state index contributed by atoms with van der Waals surface area (Å²) in [5.41, 5.74) is -1.79. The molecule has 0 spiro atoms. The number of ether oxygens (including phenoxy) is 5. The summed E-state index contributed by atoms with van der Waals surface area (Å²) in [5, 5.41) is 13.1. The zero-order chi connectivity index (χ0) is 28.3. The highest BCUT2D eigenvalue weighted by Crippen LogP contribution is 2.32. The number of benzene rings is 1. The van der Waals surface area contributed by atoms with Crippen molar-refractivity contribution in [3.63, 3.8) is 0 Å². The first-order chi connectivity index (χ1) is 17.2. The van der Waals surface area contributed by atoms with E-state index in [1.807, 2.05) is 6.92 Å². The van der Waals surface area contributed by atoms with Gasteiger partial charge in [0, 0.05) is 12.5 Å². The van der Waals surface area contributed by atoms with Gasteiger partial charge in [-0.1, -0.05) is 26.8 Å². The lowest BCUT2D eigenvalue weighted by Crippen LogP contribution is -2.60. The quantitative estimate of drug-likeness (QED) is 0.158. The Morgan fingerprint density at radius 3 is 1.86 bits per heavy atom. The van der Waals surface area contributed by atoms with Crippen LogP contribution in [0.4, 0.5) is 9.59 Å². The van der Waals surface area contributed by atoms with Gasteiger partial charge < -0.3 is 28.8 Å². The molecule has 0 bridgehead atoms. The number of esters is 1. The summed E-state index contributed by atoms with van der Waals surface area (Å²) in [6.45, 7) is 13.6. The van der Waals surface area contributed by atoms with E-state index in [-0.39, 0.29) is 24.0 Å². The van der Waals surface area contributed by atoms with E-state index in [9.17, 15) is 24.3 Å². The number of hydrogen-bond acceptors (Lipinski definition) is 10. The van der Waals surface area contributed by atoms with E-state index < -0.39 is 48.1 Å². The van der Waals surface area contributed by atoms with Gasteiger partial charge in [-0.3, -0.25) is 10.1 Å². The Labute approximate surface area is 217 Å². The number of hydrogen-bond donors (Lipinski definition) is 2. The molecule has 208 valence electrons. The third-order valence-corrected chi connectivity index (χ3v) is 5.24. The van der Waals surface area contributed by atoms with Gasteiger partial charge in [0.15, 0.2) is 11.5 Å². The topological polar surface area (TPSA) is 147 Å². The molecule has 1 rings (SSSR count). The summed E-state index contributed by atoms with van der Waals surface area (Å²) < 4.78 is 26.0. The molecule has 0 heterocycles. The zero-order valence-electron chi connectivity index (χ0n) is 22.8. The van der Waals surface area contributed by atoms with Crippen LogP contribution in [0.3, 0.4) is 0 Å². The largest absolute Gasteiger partial charge is 0.514 e. The molecule has 0 saturated carbocycles. The lowest BCUT2D eigenvalue weighted by Gasteiger charge is -2.34. The van der Waals surface area contributed by atoms with Crippen LogP contribution in [0, 0.1) is 5.92 Å². The van der Waals surface area contributed by atoms with Crippen molar-refractivity contribution in [1.29, 1.82) is 0 Å². The highest BCUT2D eigenvalue weighted by atomic mass is 16.7. The maximum atomic E-state index is 12.6. The number of carbonyl (C=O) groups excluding carboxylic acids is 3. The van der Waals surface area contributed by atoms with E-state index in [4.69, 9.17) is 23.7 Å². The second-order valence-corrected chi connectivity index (χ2v) is 9.31. The Balaban J connectivity index is 3.47. The van der Waals surface area contributed by atoms with Crippen LogP contribution in [-0.4, -0.2) is 53.3 Å². The Bertz CT molecular complexity index is 945. The van der Waals surface area contributed by atoms with Crippen molar-refractivity contribution in [2.24, 2.45) is 5.92 Å². The smallest absolute Gasteiger partial charge is 0.477 e. The first-order valence-corrected chi connectivity index (χ1v) is 12.4. The molecule has 0 radical (unpaired) electrons. The van der Waals surface area contributed by atoms with Crippen LogP contribution in [0.15, 0.2) is 18.2 Å². The maximum Gasteiger partial charge on any atom is 0.514 e. The van der Waals surface area contributed by atoms with E-state index in [1.165, 1.54) is 18.2 Å². The number of aliphatic carboxylic acids is 1. The highest BCUT2D eigenvalue weighted by molar-refractivity contribution is 5.83. The Morgan fingerprint density at radius 2 is 1.41 bits per heavy atom. The molecular formula is C26H39NO10. The van der Waals surface area contributed by atoms with Crippen molar-refractivity contribution in [3.8, 4) is 11.5 Å². The zero-order valence-corrected chi connectivity index (χ0v) is 22.8. The third kappa shape index (κ3) is 10.3. The summed E-state index contributed by atoms with van der Waals surface area (Å²) in [5.74, 6) is -2.95. The minimum atomic E-state index is -2.11. The van der Waals surface area contributed by atoms with Crippen LogP contribution in [0.2, 0.25) is 0 Å².